The molecular weight excluding hydrogens is 268 g/mol. The molecule has 0 atom stereocenters. The summed E-state index contributed by atoms with van der Waals surface area (Å²) in [5.41, 5.74) is 2.03. The van der Waals surface area contributed by atoms with Gasteiger partial charge < -0.3 is 14.2 Å². The first kappa shape index (κ1) is 14.9. The van der Waals surface area contributed by atoms with Crippen molar-refractivity contribution in [2.24, 2.45) is 0 Å². The zero-order chi connectivity index (χ0) is 15.2. The third kappa shape index (κ3) is 3.99. The number of esters is 1. The van der Waals surface area contributed by atoms with Crippen molar-refractivity contribution in [1.82, 2.24) is 0 Å². The van der Waals surface area contributed by atoms with Gasteiger partial charge in [0.05, 0.1) is 7.11 Å². The van der Waals surface area contributed by atoms with Crippen molar-refractivity contribution in [2.45, 2.75) is 13.8 Å². The van der Waals surface area contributed by atoms with Gasteiger partial charge in [0, 0.05) is 0 Å². The molecule has 0 saturated carbocycles. The fourth-order valence-electron chi connectivity index (χ4n) is 1.80. The van der Waals surface area contributed by atoms with E-state index < -0.39 is 5.97 Å². The zero-order valence-electron chi connectivity index (χ0n) is 12.4. The predicted molar refractivity (Wildman–Crippen MR) is 80.0 cm³/mol. The van der Waals surface area contributed by atoms with Gasteiger partial charge in [0.1, 0.15) is 17.2 Å². The summed E-state index contributed by atoms with van der Waals surface area (Å²) in [7, 11) is 1.59. The largest absolute Gasteiger partial charge is 0.497 e. The first-order valence-corrected chi connectivity index (χ1v) is 6.64. The lowest BCUT2D eigenvalue weighted by Crippen LogP contribution is -2.18. The first-order valence-electron chi connectivity index (χ1n) is 6.64. The number of carbonyl (C=O) groups excluding carboxylic acids is 1. The fourth-order valence-corrected chi connectivity index (χ4v) is 1.80. The second-order valence-electron chi connectivity index (χ2n) is 4.64. The highest BCUT2D eigenvalue weighted by atomic mass is 16.6. The van der Waals surface area contributed by atoms with Crippen LogP contribution in [0.3, 0.4) is 0 Å². The Hall–Kier alpha value is -2.49. The van der Waals surface area contributed by atoms with Crippen LogP contribution in [0, 0.1) is 13.8 Å². The SMILES string of the molecule is COc1ccc(OCC(=O)Oc2cccc(C)c2C)cc1. The summed E-state index contributed by atoms with van der Waals surface area (Å²) < 4.78 is 15.7. The van der Waals surface area contributed by atoms with Crippen LogP contribution in [0.1, 0.15) is 11.1 Å². The average molecular weight is 286 g/mol. The molecule has 0 aliphatic heterocycles. The minimum atomic E-state index is -0.431. The minimum Gasteiger partial charge on any atom is -0.497 e. The molecule has 2 aromatic carbocycles. The Balaban J connectivity index is 1.91. The number of methoxy groups -OCH3 is 1. The molecule has 2 rings (SSSR count). The van der Waals surface area contributed by atoms with Gasteiger partial charge in [0.25, 0.3) is 0 Å². The molecule has 0 spiro atoms. The quantitative estimate of drug-likeness (QED) is 0.625. The molecule has 0 heterocycles. The number of hydrogen-bond donors (Lipinski definition) is 0. The predicted octanol–water partition coefficient (Wildman–Crippen LogP) is 3.30. The molecule has 0 unspecified atom stereocenters. The van der Waals surface area contributed by atoms with Crippen LogP contribution in [0.2, 0.25) is 0 Å². The average Bonchev–Trinajstić information content (AvgIpc) is 2.50. The van der Waals surface area contributed by atoms with Gasteiger partial charge in [-0.05, 0) is 55.3 Å². The van der Waals surface area contributed by atoms with Crippen molar-refractivity contribution < 1.29 is 19.0 Å². The second-order valence-corrected chi connectivity index (χ2v) is 4.64. The summed E-state index contributed by atoms with van der Waals surface area (Å²) >= 11 is 0. The highest BCUT2D eigenvalue weighted by Crippen LogP contribution is 2.21. The lowest BCUT2D eigenvalue weighted by Gasteiger charge is -2.10. The number of benzene rings is 2. The summed E-state index contributed by atoms with van der Waals surface area (Å²) in [5.74, 6) is 1.46. The van der Waals surface area contributed by atoms with E-state index >= 15 is 0 Å². The molecule has 0 amide bonds. The topological polar surface area (TPSA) is 44.8 Å². The van der Waals surface area contributed by atoms with E-state index in [9.17, 15) is 4.79 Å². The summed E-state index contributed by atoms with van der Waals surface area (Å²) in [6.07, 6.45) is 0. The van der Waals surface area contributed by atoms with Crippen LogP contribution < -0.4 is 14.2 Å². The van der Waals surface area contributed by atoms with Gasteiger partial charge in [0.15, 0.2) is 6.61 Å². The standard InChI is InChI=1S/C17H18O4/c1-12-5-4-6-16(13(12)2)21-17(18)11-20-15-9-7-14(19-3)8-10-15/h4-10H,11H2,1-3H3. The van der Waals surface area contributed by atoms with E-state index in [2.05, 4.69) is 0 Å². The molecule has 2 aromatic rings. The number of hydrogen-bond acceptors (Lipinski definition) is 4. The van der Waals surface area contributed by atoms with E-state index in [1.54, 1.807) is 37.4 Å². The summed E-state index contributed by atoms with van der Waals surface area (Å²) in [4.78, 5) is 11.8. The van der Waals surface area contributed by atoms with Crippen molar-refractivity contribution >= 4 is 5.97 Å². The third-order valence-corrected chi connectivity index (χ3v) is 3.19. The van der Waals surface area contributed by atoms with Crippen LogP contribution in [-0.2, 0) is 4.79 Å². The third-order valence-electron chi connectivity index (χ3n) is 3.19. The molecule has 4 nitrogen and oxygen atoms in total. The normalized spacial score (nSPS) is 10.0. The molecule has 0 aromatic heterocycles. The molecule has 110 valence electrons. The van der Waals surface area contributed by atoms with Gasteiger partial charge >= 0.3 is 5.97 Å². The van der Waals surface area contributed by atoms with Gasteiger partial charge in [-0.2, -0.15) is 0 Å². The molecule has 0 aliphatic rings. The molecule has 0 bridgehead atoms. The Bertz CT molecular complexity index is 617. The first-order chi connectivity index (χ1) is 10.1. The van der Waals surface area contributed by atoms with E-state index in [0.29, 0.717) is 11.5 Å². The lowest BCUT2D eigenvalue weighted by atomic mass is 10.1. The van der Waals surface area contributed by atoms with Crippen molar-refractivity contribution in [3.05, 3.63) is 53.6 Å². The van der Waals surface area contributed by atoms with Crippen LogP contribution in [0.15, 0.2) is 42.5 Å². The van der Waals surface area contributed by atoms with E-state index in [4.69, 9.17) is 14.2 Å². The van der Waals surface area contributed by atoms with Crippen molar-refractivity contribution in [1.29, 1.82) is 0 Å². The summed E-state index contributed by atoms with van der Waals surface area (Å²) in [6, 6.07) is 12.6. The monoisotopic (exact) mass is 286 g/mol. The van der Waals surface area contributed by atoms with Crippen molar-refractivity contribution in [3.8, 4) is 17.2 Å². The van der Waals surface area contributed by atoms with Crippen LogP contribution in [0.5, 0.6) is 17.2 Å². The van der Waals surface area contributed by atoms with Gasteiger partial charge in [-0.25, -0.2) is 4.79 Å². The highest BCUT2D eigenvalue weighted by Gasteiger charge is 2.09. The molecule has 0 radical (unpaired) electrons. The Kier molecular flexibility index (Phi) is 4.82. The Morgan fingerprint density at radius 3 is 2.33 bits per heavy atom. The lowest BCUT2D eigenvalue weighted by molar-refractivity contribution is -0.136. The van der Waals surface area contributed by atoms with Crippen LogP contribution in [0.4, 0.5) is 0 Å². The van der Waals surface area contributed by atoms with E-state index in [1.165, 1.54) is 0 Å². The Morgan fingerprint density at radius 2 is 1.67 bits per heavy atom. The molecule has 21 heavy (non-hydrogen) atoms. The number of ether oxygens (including phenoxy) is 3. The maximum absolute atomic E-state index is 11.8. The fraction of sp³-hybridized carbons (Fsp3) is 0.235. The zero-order valence-corrected chi connectivity index (χ0v) is 12.4. The van der Waals surface area contributed by atoms with Crippen molar-refractivity contribution in [2.75, 3.05) is 13.7 Å². The Labute approximate surface area is 124 Å². The highest BCUT2D eigenvalue weighted by molar-refractivity contribution is 5.74. The smallest absolute Gasteiger partial charge is 0.349 e. The molecule has 4 heteroatoms. The number of rotatable bonds is 5. The minimum absolute atomic E-state index is 0.139. The van der Waals surface area contributed by atoms with Crippen LogP contribution >= 0.6 is 0 Å². The number of carbonyl (C=O) groups is 1. The van der Waals surface area contributed by atoms with E-state index in [1.807, 2.05) is 26.0 Å². The molecule has 0 aliphatic carbocycles. The van der Waals surface area contributed by atoms with E-state index in [-0.39, 0.29) is 6.61 Å². The van der Waals surface area contributed by atoms with Gasteiger partial charge in [-0.1, -0.05) is 12.1 Å². The molecule has 0 saturated heterocycles. The van der Waals surface area contributed by atoms with Crippen molar-refractivity contribution in [3.63, 3.8) is 0 Å². The van der Waals surface area contributed by atoms with Gasteiger partial charge in [-0.3, -0.25) is 0 Å². The number of aryl methyl sites for hydroxylation is 1. The Morgan fingerprint density at radius 1 is 1.00 bits per heavy atom. The molecule has 0 fully saturated rings. The van der Waals surface area contributed by atoms with Crippen LogP contribution in [-0.4, -0.2) is 19.7 Å². The van der Waals surface area contributed by atoms with Crippen LogP contribution in [0.25, 0.3) is 0 Å². The van der Waals surface area contributed by atoms with Gasteiger partial charge in [0.2, 0.25) is 0 Å². The van der Waals surface area contributed by atoms with Gasteiger partial charge in [-0.15, -0.1) is 0 Å². The van der Waals surface area contributed by atoms with E-state index in [0.717, 1.165) is 16.9 Å². The molecule has 0 N–H and O–H groups in total. The second kappa shape index (κ2) is 6.79. The maximum Gasteiger partial charge on any atom is 0.349 e. The maximum atomic E-state index is 11.8. The molecular formula is C17H18O4. The summed E-state index contributed by atoms with van der Waals surface area (Å²) in [6.45, 7) is 3.75. The summed E-state index contributed by atoms with van der Waals surface area (Å²) in [5, 5.41) is 0.